The van der Waals surface area contributed by atoms with Gasteiger partial charge in [-0.2, -0.15) is 0 Å². The van der Waals surface area contributed by atoms with E-state index in [0.717, 1.165) is 0 Å². The molecule has 0 aromatic carbocycles. The lowest BCUT2D eigenvalue weighted by Gasteiger charge is -2.16. The van der Waals surface area contributed by atoms with Gasteiger partial charge in [-0.3, -0.25) is 9.36 Å². The minimum absolute atomic E-state index is 0.174. The number of fused-ring (bicyclic) bond motifs is 1. The lowest BCUT2D eigenvalue weighted by Crippen LogP contribution is -2.33. The van der Waals surface area contributed by atoms with Gasteiger partial charge in [0.25, 0.3) is 0 Å². The molecule has 0 spiro atoms. The molecule has 1 saturated heterocycles. The molecule has 1 amide bonds. The van der Waals surface area contributed by atoms with Gasteiger partial charge >= 0.3 is 0 Å². The molecule has 2 aromatic rings. The number of amides is 1. The SMILES string of the molecule is CC[C@@H](C)C(=O)Nc1ncnc2c1ncn2[C@@H]1O[C@H](CO)[C@@H](O)[C@H]1O. The summed E-state index contributed by atoms with van der Waals surface area (Å²) >= 11 is 0. The number of carbonyl (C=O) groups excluding carboxylic acids is 1. The van der Waals surface area contributed by atoms with E-state index in [-0.39, 0.29) is 17.6 Å². The van der Waals surface area contributed by atoms with Gasteiger partial charge < -0.3 is 25.4 Å². The van der Waals surface area contributed by atoms with Gasteiger partial charge in [0.2, 0.25) is 5.91 Å². The van der Waals surface area contributed by atoms with E-state index < -0.39 is 31.1 Å². The predicted molar refractivity (Wildman–Crippen MR) is 86.4 cm³/mol. The number of anilines is 1. The van der Waals surface area contributed by atoms with Crippen LogP contribution >= 0.6 is 0 Å². The van der Waals surface area contributed by atoms with Crippen LogP contribution in [0, 0.1) is 5.92 Å². The summed E-state index contributed by atoms with van der Waals surface area (Å²) in [6.07, 6.45) is -0.973. The molecule has 5 atom stereocenters. The standard InChI is InChI=1S/C15H21N5O5/c1-3-7(2)14(24)19-12-9-13(17-5-16-12)20(6-18-9)15-11(23)10(22)8(4-21)25-15/h5-8,10-11,15,21-23H,3-4H2,1-2H3,(H,16,17,19,24)/t7-,8-,10-,11-,15-/m1/s1. The molecule has 3 rings (SSSR count). The Balaban J connectivity index is 1.93. The molecule has 0 unspecified atom stereocenters. The molecule has 0 saturated carbocycles. The molecular weight excluding hydrogens is 330 g/mol. The summed E-state index contributed by atoms with van der Waals surface area (Å²) in [7, 11) is 0. The minimum atomic E-state index is -1.25. The fourth-order valence-corrected chi connectivity index (χ4v) is 2.66. The third-order valence-corrected chi connectivity index (χ3v) is 4.45. The van der Waals surface area contributed by atoms with Crippen molar-refractivity contribution >= 4 is 22.9 Å². The number of aliphatic hydroxyl groups excluding tert-OH is 3. The van der Waals surface area contributed by atoms with Gasteiger partial charge in [0.05, 0.1) is 12.9 Å². The lowest BCUT2D eigenvalue weighted by atomic mass is 10.1. The van der Waals surface area contributed by atoms with Crippen LogP contribution in [-0.4, -0.2) is 65.7 Å². The van der Waals surface area contributed by atoms with Crippen LogP contribution in [0.5, 0.6) is 0 Å². The van der Waals surface area contributed by atoms with Crippen molar-refractivity contribution in [3.8, 4) is 0 Å². The van der Waals surface area contributed by atoms with Crippen molar-refractivity contribution < 1.29 is 24.9 Å². The highest BCUT2D eigenvalue weighted by molar-refractivity contribution is 5.97. The first-order valence-electron chi connectivity index (χ1n) is 8.08. The van der Waals surface area contributed by atoms with Crippen molar-refractivity contribution in [3.05, 3.63) is 12.7 Å². The first kappa shape index (κ1) is 17.7. The van der Waals surface area contributed by atoms with Crippen LogP contribution in [0.15, 0.2) is 12.7 Å². The van der Waals surface area contributed by atoms with Crippen molar-refractivity contribution in [2.45, 2.75) is 44.8 Å². The van der Waals surface area contributed by atoms with Gasteiger partial charge in [-0.15, -0.1) is 0 Å². The summed E-state index contributed by atoms with van der Waals surface area (Å²) < 4.78 is 6.93. The largest absolute Gasteiger partial charge is 0.394 e. The number of ether oxygens (including phenoxy) is 1. The van der Waals surface area contributed by atoms with Crippen LogP contribution in [-0.2, 0) is 9.53 Å². The molecule has 0 bridgehead atoms. The molecule has 4 N–H and O–H groups in total. The normalized spacial score (nSPS) is 27.6. The quantitative estimate of drug-likeness (QED) is 0.560. The van der Waals surface area contributed by atoms with E-state index in [4.69, 9.17) is 4.74 Å². The molecular formula is C15H21N5O5. The van der Waals surface area contributed by atoms with Crippen LogP contribution < -0.4 is 5.32 Å². The number of hydrogen-bond acceptors (Lipinski definition) is 8. The third-order valence-electron chi connectivity index (χ3n) is 4.45. The lowest BCUT2D eigenvalue weighted by molar-refractivity contribution is -0.119. The Morgan fingerprint density at radius 2 is 2.12 bits per heavy atom. The van der Waals surface area contributed by atoms with Crippen LogP contribution in [0.1, 0.15) is 26.5 Å². The Hall–Kier alpha value is -2.14. The number of carbonyl (C=O) groups is 1. The van der Waals surface area contributed by atoms with Crippen LogP contribution in [0.3, 0.4) is 0 Å². The fraction of sp³-hybridized carbons (Fsp3) is 0.600. The maximum Gasteiger partial charge on any atom is 0.228 e. The Kier molecular flexibility index (Phi) is 4.95. The molecule has 1 aliphatic heterocycles. The molecule has 0 aliphatic carbocycles. The zero-order valence-corrected chi connectivity index (χ0v) is 13.9. The van der Waals surface area contributed by atoms with E-state index in [1.54, 1.807) is 0 Å². The van der Waals surface area contributed by atoms with E-state index in [1.807, 2.05) is 13.8 Å². The summed E-state index contributed by atoms with van der Waals surface area (Å²) in [6.45, 7) is 3.30. The molecule has 10 heteroatoms. The number of nitrogens with zero attached hydrogens (tertiary/aromatic N) is 4. The Labute approximate surface area is 143 Å². The first-order chi connectivity index (χ1) is 12.0. The summed E-state index contributed by atoms with van der Waals surface area (Å²) in [5, 5.41) is 32.0. The predicted octanol–water partition coefficient (Wildman–Crippen LogP) is -0.578. The number of hydrogen-bond donors (Lipinski definition) is 4. The van der Waals surface area contributed by atoms with Gasteiger partial charge in [0.1, 0.15) is 24.6 Å². The van der Waals surface area contributed by atoms with E-state index >= 15 is 0 Å². The Morgan fingerprint density at radius 3 is 2.76 bits per heavy atom. The van der Waals surface area contributed by atoms with Crippen LogP contribution in [0.2, 0.25) is 0 Å². The second-order valence-electron chi connectivity index (χ2n) is 6.07. The minimum Gasteiger partial charge on any atom is -0.394 e. The molecule has 136 valence electrons. The van der Waals surface area contributed by atoms with Crippen molar-refractivity contribution in [1.82, 2.24) is 19.5 Å². The number of nitrogens with one attached hydrogen (secondary N) is 1. The molecule has 2 aromatic heterocycles. The average molecular weight is 351 g/mol. The molecule has 1 fully saturated rings. The summed E-state index contributed by atoms with van der Waals surface area (Å²) in [5.41, 5.74) is 0.682. The first-order valence-corrected chi connectivity index (χ1v) is 8.08. The van der Waals surface area contributed by atoms with E-state index in [2.05, 4.69) is 20.3 Å². The van der Waals surface area contributed by atoms with Gasteiger partial charge in [-0.25, -0.2) is 15.0 Å². The zero-order valence-electron chi connectivity index (χ0n) is 13.9. The number of aliphatic hydroxyl groups is 3. The second kappa shape index (κ2) is 7.00. The topological polar surface area (TPSA) is 143 Å². The fourth-order valence-electron chi connectivity index (χ4n) is 2.66. The highest BCUT2D eigenvalue weighted by Gasteiger charge is 2.44. The Bertz CT molecular complexity index is 766. The number of rotatable bonds is 5. The Morgan fingerprint density at radius 1 is 1.36 bits per heavy atom. The van der Waals surface area contributed by atoms with E-state index in [9.17, 15) is 20.1 Å². The van der Waals surface area contributed by atoms with Crippen LogP contribution in [0.25, 0.3) is 11.2 Å². The van der Waals surface area contributed by atoms with E-state index in [0.29, 0.717) is 17.6 Å². The van der Waals surface area contributed by atoms with Crippen molar-refractivity contribution in [1.29, 1.82) is 0 Å². The summed E-state index contributed by atoms with van der Waals surface area (Å²) in [6, 6.07) is 0. The highest BCUT2D eigenvalue weighted by atomic mass is 16.6. The summed E-state index contributed by atoms with van der Waals surface area (Å²) in [4.78, 5) is 24.5. The van der Waals surface area contributed by atoms with Crippen molar-refractivity contribution in [3.63, 3.8) is 0 Å². The zero-order chi connectivity index (χ0) is 18.1. The maximum atomic E-state index is 12.1. The van der Waals surface area contributed by atoms with Gasteiger partial charge in [0.15, 0.2) is 23.2 Å². The van der Waals surface area contributed by atoms with E-state index in [1.165, 1.54) is 17.2 Å². The highest BCUT2D eigenvalue weighted by Crippen LogP contribution is 2.32. The smallest absolute Gasteiger partial charge is 0.228 e. The molecule has 25 heavy (non-hydrogen) atoms. The monoisotopic (exact) mass is 351 g/mol. The molecule has 3 heterocycles. The number of aromatic nitrogens is 4. The van der Waals surface area contributed by atoms with Gasteiger partial charge in [0, 0.05) is 5.92 Å². The van der Waals surface area contributed by atoms with Crippen molar-refractivity contribution in [2.75, 3.05) is 11.9 Å². The maximum absolute atomic E-state index is 12.1. The van der Waals surface area contributed by atoms with Gasteiger partial charge in [-0.05, 0) is 6.42 Å². The average Bonchev–Trinajstić information content (AvgIpc) is 3.16. The number of imidazole rings is 1. The third kappa shape index (κ3) is 3.09. The molecule has 0 radical (unpaired) electrons. The van der Waals surface area contributed by atoms with Crippen molar-refractivity contribution in [2.24, 2.45) is 5.92 Å². The summed E-state index contributed by atoms with van der Waals surface area (Å²) in [5.74, 6) is -0.0849. The van der Waals surface area contributed by atoms with Crippen LogP contribution in [0.4, 0.5) is 5.82 Å². The van der Waals surface area contributed by atoms with Gasteiger partial charge in [-0.1, -0.05) is 13.8 Å². The molecule has 1 aliphatic rings. The molecule has 10 nitrogen and oxygen atoms in total. The second-order valence-corrected chi connectivity index (χ2v) is 6.07.